The highest BCUT2D eigenvalue weighted by atomic mass is 79.9. The zero-order chi connectivity index (χ0) is 21.8. The van der Waals surface area contributed by atoms with Crippen molar-refractivity contribution >= 4 is 48.8 Å². The first-order chi connectivity index (χ1) is 15.7. The Kier molecular flexibility index (Phi) is 5.91. The maximum Gasteiger partial charge on any atom is 0.254 e. The molecule has 0 atom stereocenters. The van der Waals surface area contributed by atoms with Crippen molar-refractivity contribution in [2.24, 2.45) is 5.10 Å². The minimum absolute atomic E-state index is 0.185. The monoisotopic (exact) mass is 505 g/mol. The van der Waals surface area contributed by atoms with Crippen molar-refractivity contribution in [1.82, 2.24) is 15.2 Å². The fourth-order valence-corrected chi connectivity index (χ4v) is 4.20. The topological polar surface area (TPSA) is 85.4 Å². The van der Waals surface area contributed by atoms with Crippen LogP contribution in [0.4, 0.5) is 5.13 Å². The number of thiazole rings is 1. The maximum atomic E-state index is 5.76. The molecule has 5 rings (SSSR count). The van der Waals surface area contributed by atoms with Gasteiger partial charge in [-0.2, -0.15) is 5.10 Å². The zero-order valence-corrected chi connectivity index (χ0v) is 19.0. The van der Waals surface area contributed by atoms with E-state index in [2.05, 4.69) is 41.6 Å². The Balaban J connectivity index is 1.16. The minimum atomic E-state index is 0.185. The zero-order valence-electron chi connectivity index (χ0n) is 16.6. The van der Waals surface area contributed by atoms with Crippen LogP contribution in [0.25, 0.3) is 21.7 Å². The number of nitrogens with zero attached hydrogens (tertiary/aromatic N) is 4. The normalized spacial score (nSPS) is 11.3. The van der Waals surface area contributed by atoms with E-state index in [9.17, 15) is 0 Å². The summed E-state index contributed by atoms with van der Waals surface area (Å²) < 4.78 is 13.5. The number of nitrogens with one attached hydrogen (secondary N) is 1. The first-order valence-electron chi connectivity index (χ1n) is 9.69. The predicted octanol–water partition coefficient (Wildman–Crippen LogP) is 6.13. The average molecular weight is 506 g/mol. The lowest BCUT2D eigenvalue weighted by Gasteiger charge is -2.03. The van der Waals surface area contributed by atoms with Gasteiger partial charge in [-0.15, -0.1) is 10.2 Å². The fourth-order valence-electron chi connectivity index (χ4n) is 2.93. The molecule has 0 radical (unpaired) electrons. The highest BCUT2D eigenvalue weighted by Gasteiger charge is 2.11. The van der Waals surface area contributed by atoms with Crippen LogP contribution in [0.1, 0.15) is 11.5 Å². The van der Waals surface area contributed by atoms with Gasteiger partial charge in [0.05, 0.1) is 22.0 Å². The molecule has 7 nitrogen and oxygen atoms in total. The van der Waals surface area contributed by atoms with Crippen molar-refractivity contribution in [3.05, 3.63) is 88.7 Å². The number of benzene rings is 3. The van der Waals surface area contributed by atoms with Crippen molar-refractivity contribution < 1.29 is 9.15 Å². The van der Waals surface area contributed by atoms with E-state index in [1.807, 2.05) is 72.8 Å². The molecule has 0 amide bonds. The first kappa shape index (κ1) is 20.3. The van der Waals surface area contributed by atoms with E-state index >= 15 is 0 Å². The molecule has 158 valence electrons. The Bertz CT molecular complexity index is 1350. The van der Waals surface area contributed by atoms with Gasteiger partial charge in [0, 0.05) is 4.47 Å². The molecule has 2 heterocycles. The Morgan fingerprint density at radius 3 is 2.66 bits per heavy atom. The molecule has 0 fully saturated rings. The van der Waals surface area contributed by atoms with Gasteiger partial charge < -0.3 is 9.15 Å². The van der Waals surface area contributed by atoms with Crippen LogP contribution in [0.2, 0.25) is 0 Å². The van der Waals surface area contributed by atoms with Crippen LogP contribution in [0, 0.1) is 0 Å². The molecule has 2 aromatic heterocycles. The molecule has 1 N–H and O–H groups in total. The van der Waals surface area contributed by atoms with Crippen LogP contribution in [-0.4, -0.2) is 21.4 Å². The molecule has 0 saturated heterocycles. The first-order valence-corrected chi connectivity index (χ1v) is 11.3. The Morgan fingerprint density at radius 1 is 1.00 bits per heavy atom. The van der Waals surface area contributed by atoms with E-state index in [1.54, 1.807) is 17.6 Å². The van der Waals surface area contributed by atoms with Crippen molar-refractivity contribution in [1.29, 1.82) is 0 Å². The molecule has 0 spiro atoms. The fraction of sp³-hybridized carbons (Fsp3) is 0.0435. The lowest BCUT2D eigenvalue weighted by atomic mass is 10.2. The van der Waals surface area contributed by atoms with Crippen LogP contribution in [0.15, 0.2) is 86.8 Å². The Labute approximate surface area is 195 Å². The number of halogens is 1. The van der Waals surface area contributed by atoms with Crippen molar-refractivity contribution in [3.63, 3.8) is 0 Å². The van der Waals surface area contributed by atoms with E-state index in [1.165, 1.54) is 0 Å². The number of para-hydroxylation sites is 1. The standard InChI is InChI=1S/C23H16BrN5O2S/c24-18-6-2-1-5-17(18)22-28-27-21(31-22)14-30-16-11-9-15(10-12-16)13-25-29-23-26-19-7-3-4-8-20(19)32-23/h1-13H,14H2,(H,26,29)/b25-13+. The van der Waals surface area contributed by atoms with E-state index in [0.29, 0.717) is 17.5 Å². The van der Waals surface area contributed by atoms with Crippen LogP contribution in [-0.2, 0) is 6.61 Å². The van der Waals surface area contributed by atoms with Gasteiger partial charge in [0.25, 0.3) is 5.89 Å². The summed E-state index contributed by atoms with van der Waals surface area (Å²) in [5.41, 5.74) is 5.71. The molecule has 0 aliphatic carbocycles. The molecule has 3 aromatic carbocycles. The lowest BCUT2D eigenvalue weighted by molar-refractivity contribution is 0.264. The minimum Gasteiger partial charge on any atom is -0.484 e. The van der Waals surface area contributed by atoms with Gasteiger partial charge in [-0.3, -0.25) is 5.43 Å². The summed E-state index contributed by atoms with van der Waals surface area (Å²) in [7, 11) is 0. The summed E-state index contributed by atoms with van der Waals surface area (Å²) in [6, 6.07) is 23.2. The number of hydrazone groups is 1. The molecule has 0 unspecified atom stereocenters. The SMILES string of the molecule is Brc1ccccc1-c1nnc(COc2ccc(/C=N/Nc3nc4ccccc4s3)cc2)o1. The van der Waals surface area contributed by atoms with Gasteiger partial charge in [-0.25, -0.2) is 4.98 Å². The molecule has 9 heteroatoms. The average Bonchev–Trinajstić information content (AvgIpc) is 3.45. The molecular weight excluding hydrogens is 490 g/mol. The van der Waals surface area contributed by atoms with Crippen LogP contribution in [0.3, 0.4) is 0 Å². The third-order valence-electron chi connectivity index (χ3n) is 4.48. The maximum absolute atomic E-state index is 5.76. The smallest absolute Gasteiger partial charge is 0.254 e. The summed E-state index contributed by atoms with van der Waals surface area (Å²) >= 11 is 5.05. The molecule has 32 heavy (non-hydrogen) atoms. The van der Waals surface area contributed by atoms with E-state index < -0.39 is 0 Å². The number of rotatable bonds is 7. The highest BCUT2D eigenvalue weighted by molar-refractivity contribution is 9.10. The lowest BCUT2D eigenvalue weighted by Crippen LogP contribution is -1.96. The second-order valence-electron chi connectivity index (χ2n) is 6.70. The number of aromatic nitrogens is 3. The van der Waals surface area contributed by atoms with E-state index in [0.717, 1.165) is 30.9 Å². The molecule has 0 saturated carbocycles. The van der Waals surface area contributed by atoms with Crippen molar-refractivity contribution in [2.45, 2.75) is 6.61 Å². The second-order valence-corrected chi connectivity index (χ2v) is 8.58. The summed E-state index contributed by atoms with van der Waals surface area (Å²) in [6.07, 6.45) is 1.73. The Morgan fingerprint density at radius 2 is 1.81 bits per heavy atom. The quantitative estimate of drug-likeness (QED) is 0.211. The molecule has 5 aromatic rings. The van der Waals surface area contributed by atoms with Crippen LogP contribution < -0.4 is 10.2 Å². The van der Waals surface area contributed by atoms with Gasteiger partial charge in [-0.1, -0.05) is 35.6 Å². The number of hydrogen-bond acceptors (Lipinski definition) is 8. The van der Waals surface area contributed by atoms with Crippen LogP contribution >= 0.6 is 27.3 Å². The van der Waals surface area contributed by atoms with E-state index in [4.69, 9.17) is 9.15 Å². The van der Waals surface area contributed by atoms with Gasteiger partial charge >= 0.3 is 0 Å². The number of hydrogen-bond donors (Lipinski definition) is 1. The molecule has 0 bridgehead atoms. The van der Waals surface area contributed by atoms with Gasteiger partial charge in [0.1, 0.15) is 5.75 Å². The molecule has 0 aliphatic heterocycles. The van der Waals surface area contributed by atoms with Crippen LogP contribution in [0.5, 0.6) is 5.75 Å². The molecular formula is C23H16BrN5O2S. The van der Waals surface area contributed by atoms with Gasteiger partial charge in [0.15, 0.2) is 6.61 Å². The number of fused-ring (bicyclic) bond motifs is 1. The summed E-state index contributed by atoms with van der Waals surface area (Å²) in [5, 5.41) is 13.2. The molecule has 0 aliphatic rings. The largest absolute Gasteiger partial charge is 0.484 e. The Hall–Kier alpha value is -3.56. The third kappa shape index (κ3) is 4.68. The van der Waals surface area contributed by atoms with Gasteiger partial charge in [0.2, 0.25) is 11.0 Å². The summed E-state index contributed by atoms with van der Waals surface area (Å²) in [5.74, 6) is 1.55. The summed E-state index contributed by atoms with van der Waals surface area (Å²) in [4.78, 5) is 4.49. The van der Waals surface area contributed by atoms with Crippen molar-refractivity contribution in [3.8, 4) is 17.2 Å². The van der Waals surface area contributed by atoms with Gasteiger partial charge in [-0.05, 0) is 70.0 Å². The summed E-state index contributed by atoms with van der Waals surface area (Å²) in [6.45, 7) is 0.185. The predicted molar refractivity (Wildman–Crippen MR) is 129 cm³/mol. The number of anilines is 1. The number of ether oxygens (including phenoxy) is 1. The third-order valence-corrected chi connectivity index (χ3v) is 6.11. The highest BCUT2D eigenvalue weighted by Crippen LogP contribution is 2.27. The second kappa shape index (κ2) is 9.29. The van der Waals surface area contributed by atoms with E-state index in [-0.39, 0.29) is 6.61 Å². The van der Waals surface area contributed by atoms with Crippen molar-refractivity contribution in [2.75, 3.05) is 5.43 Å².